The van der Waals surface area contributed by atoms with Crippen LogP contribution in [0.2, 0.25) is 0 Å². The summed E-state index contributed by atoms with van der Waals surface area (Å²) in [5.41, 5.74) is 0.697. The van der Waals surface area contributed by atoms with E-state index in [1.807, 2.05) is 24.3 Å². The van der Waals surface area contributed by atoms with E-state index in [1.54, 1.807) is 6.08 Å². The first-order valence-corrected chi connectivity index (χ1v) is 4.76. The molecule has 0 aliphatic carbocycles. The standard InChI is InChI=1S/C12H10N2O2/c15-8-13-6-5-11-9-3-1-2-4-10(9)12(16)7-14-11/h1-8,16H,(H,13,15)/b6-5+. The van der Waals surface area contributed by atoms with E-state index in [0.717, 1.165) is 10.8 Å². The van der Waals surface area contributed by atoms with Gasteiger partial charge in [-0.05, 0) is 6.08 Å². The maximum absolute atomic E-state index is 10.1. The largest absolute Gasteiger partial charge is 0.506 e. The van der Waals surface area contributed by atoms with E-state index >= 15 is 0 Å². The van der Waals surface area contributed by atoms with Crippen molar-refractivity contribution in [1.82, 2.24) is 10.3 Å². The topological polar surface area (TPSA) is 62.2 Å². The third kappa shape index (κ3) is 1.86. The Morgan fingerprint density at radius 1 is 1.25 bits per heavy atom. The summed E-state index contributed by atoms with van der Waals surface area (Å²) in [6.07, 6.45) is 5.15. The van der Waals surface area contributed by atoms with Gasteiger partial charge in [0.2, 0.25) is 6.41 Å². The van der Waals surface area contributed by atoms with Gasteiger partial charge in [-0.2, -0.15) is 0 Å². The fraction of sp³-hybridized carbons (Fsp3) is 0. The van der Waals surface area contributed by atoms with E-state index < -0.39 is 0 Å². The van der Waals surface area contributed by atoms with Gasteiger partial charge in [-0.1, -0.05) is 24.3 Å². The van der Waals surface area contributed by atoms with Crippen molar-refractivity contribution in [2.75, 3.05) is 0 Å². The van der Waals surface area contributed by atoms with Crippen LogP contribution in [0.3, 0.4) is 0 Å². The highest BCUT2D eigenvalue weighted by molar-refractivity contribution is 5.93. The molecule has 4 heteroatoms. The second-order valence-electron chi connectivity index (χ2n) is 3.19. The average Bonchev–Trinajstić information content (AvgIpc) is 2.33. The highest BCUT2D eigenvalue weighted by atomic mass is 16.3. The molecule has 1 aromatic heterocycles. The first-order valence-electron chi connectivity index (χ1n) is 4.76. The molecule has 0 saturated carbocycles. The van der Waals surface area contributed by atoms with Crippen LogP contribution < -0.4 is 5.32 Å². The molecule has 2 rings (SSSR count). The van der Waals surface area contributed by atoms with Gasteiger partial charge in [-0.3, -0.25) is 9.78 Å². The van der Waals surface area contributed by atoms with E-state index in [9.17, 15) is 9.90 Å². The maximum Gasteiger partial charge on any atom is 0.211 e. The zero-order chi connectivity index (χ0) is 11.4. The predicted molar refractivity (Wildman–Crippen MR) is 61.6 cm³/mol. The van der Waals surface area contributed by atoms with E-state index in [1.165, 1.54) is 12.4 Å². The highest BCUT2D eigenvalue weighted by Crippen LogP contribution is 2.25. The Hall–Kier alpha value is -2.36. The lowest BCUT2D eigenvalue weighted by molar-refractivity contribution is -0.108. The molecule has 0 unspecified atom stereocenters. The first kappa shape index (κ1) is 10.2. The number of aromatic nitrogens is 1. The summed E-state index contributed by atoms with van der Waals surface area (Å²) in [6, 6.07) is 7.40. The highest BCUT2D eigenvalue weighted by Gasteiger charge is 2.02. The number of hydrogen-bond donors (Lipinski definition) is 2. The van der Waals surface area contributed by atoms with Crippen LogP contribution in [0.5, 0.6) is 5.75 Å². The van der Waals surface area contributed by atoms with Crippen molar-refractivity contribution < 1.29 is 9.90 Å². The van der Waals surface area contributed by atoms with Crippen molar-refractivity contribution in [3.05, 3.63) is 42.4 Å². The van der Waals surface area contributed by atoms with Gasteiger partial charge in [0.15, 0.2) is 0 Å². The number of carbonyl (C=O) groups is 1. The minimum Gasteiger partial charge on any atom is -0.506 e. The lowest BCUT2D eigenvalue weighted by Gasteiger charge is -2.03. The van der Waals surface area contributed by atoms with E-state index in [-0.39, 0.29) is 5.75 Å². The van der Waals surface area contributed by atoms with E-state index in [0.29, 0.717) is 12.1 Å². The number of fused-ring (bicyclic) bond motifs is 1. The molecule has 1 amide bonds. The van der Waals surface area contributed by atoms with Crippen LogP contribution in [0.25, 0.3) is 16.8 Å². The van der Waals surface area contributed by atoms with Crippen molar-refractivity contribution >= 4 is 23.3 Å². The molecule has 4 nitrogen and oxygen atoms in total. The van der Waals surface area contributed by atoms with E-state index in [4.69, 9.17) is 0 Å². The summed E-state index contributed by atoms with van der Waals surface area (Å²) in [5.74, 6) is 0.149. The van der Waals surface area contributed by atoms with Crippen LogP contribution in [0, 0.1) is 0 Å². The zero-order valence-corrected chi connectivity index (χ0v) is 8.42. The van der Waals surface area contributed by atoms with Gasteiger partial charge in [0.1, 0.15) is 5.75 Å². The molecule has 0 fully saturated rings. The van der Waals surface area contributed by atoms with E-state index in [2.05, 4.69) is 10.3 Å². The molecule has 0 atom stereocenters. The van der Waals surface area contributed by atoms with Crippen LogP contribution in [-0.4, -0.2) is 16.5 Å². The molecule has 0 aliphatic rings. The van der Waals surface area contributed by atoms with Gasteiger partial charge in [0.05, 0.1) is 11.9 Å². The Kier molecular flexibility index (Phi) is 2.82. The van der Waals surface area contributed by atoms with Crippen LogP contribution in [0.4, 0.5) is 0 Å². The molecule has 0 saturated heterocycles. The Bertz CT molecular complexity index is 550. The maximum atomic E-state index is 10.1. The fourth-order valence-corrected chi connectivity index (χ4v) is 1.50. The van der Waals surface area contributed by atoms with Gasteiger partial charge in [0.25, 0.3) is 0 Å². The number of nitrogens with one attached hydrogen (secondary N) is 1. The second kappa shape index (κ2) is 4.44. The van der Waals surface area contributed by atoms with Crippen molar-refractivity contribution in [3.63, 3.8) is 0 Å². The quantitative estimate of drug-likeness (QED) is 0.764. The number of rotatable bonds is 3. The van der Waals surface area contributed by atoms with Gasteiger partial charge in [-0.25, -0.2) is 0 Å². The summed E-state index contributed by atoms with van der Waals surface area (Å²) in [6.45, 7) is 0. The van der Waals surface area contributed by atoms with Gasteiger partial charge >= 0.3 is 0 Å². The van der Waals surface area contributed by atoms with Crippen molar-refractivity contribution in [3.8, 4) is 5.75 Å². The lowest BCUT2D eigenvalue weighted by Crippen LogP contribution is -1.98. The molecule has 2 N–H and O–H groups in total. The molecule has 1 aromatic carbocycles. The number of amides is 1. The molecule has 0 radical (unpaired) electrons. The SMILES string of the molecule is O=CN/C=C/c1ncc(O)c2ccccc12. The number of hydrogen-bond acceptors (Lipinski definition) is 3. The van der Waals surface area contributed by atoms with Crippen LogP contribution in [0.1, 0.15) is 5.69 Å². The number of aromatic hydroxyl groups is 1. The Morgan fingerprint density at radius 2 is 2.00 bits per heavy atom. The lowest BCUT2D eigenvalue weighted by atomic mass is 10.1. The summed E-state index contributed by atoms with van der Waals surface area (Å²) in [7, 11) is 0. The van der Waals surface area contributed by atoms with Gasteiger partial charge in [-0.15, -0.1) is 0 Å². The molecular formula is C12H10N2O2. The summed E-state index contributed by atoms with van der Waals surface area (Å²) in [4.78, 5) is 14.2. The van der Waals surface area contributed by atoms with Crippen LogP contribution in [0.15, 0.2) is 36.7 Å². The molecule has 0 spiro atoms. The number of nitrogens with zero attached hydrogens (tertiary/aromatic N) is 1. The third-order valence-corrected chi connectivity index (χ3v) is 2.21. The molecular weight excluding hydrogens is 204 g/mol. The number of benzene rings is 1. The predicted octanol–water partition coefficient (Wildman–Crippen LogP) is 1.66. The molecule has 16 heavy (non-hydrogen) atoms. The molecule has 80 valence electrons. The normalized spacial score (nSPS) is 10.8. The molecule has 1 heterocycles. The summed E-state index contributed by atoms with van der Waals surface area (Å²) < 4.78 is 0. The third-order valence-electron chi connectivity index (χ3n) is 2.21. The smallest absolute Gasteiger partial charge is 0.211 e. The van der Waals surface area contributed by atoms with Crippen molar-refractivity contribution in [1.29, 1.82) is 0 Å². The average molecular weight is 214 g/mol. The summed E-state index contributed by atoms with van der Waals surface area (Å²) >= 11 is 0. The second-order valence-corrected chi connectivity index (χ2v) is 3.19. The van der Waals surface area contributed by atoms with Crippen LogP contribution >= 0.6 is 0 Å². The van der Waals surface area contributed by atoms with Crippen molar-refractivity contribution in [2.24, 2.45) is 0 Å². The first-order chi connectivity index (χ1) is 7.83. The zero-order valence-electron chi connectivity index (χ0n) is 8.42. The molecule has 0 bridgehead atoms. The fourth-order valence-electron chi connectivity index (χ4n) is 1.50. The van der Waals surface area contributed by atoms with Gasteiger partial charge < -0.3 is 10.4 Å². The number of pyridine rings is 1. The van der Waals surface area contributed by atoms with Gasteiger partial charge in [0, 0.05) is 17.0 Å². The minimum atomic E-state index is 0.149. The minimum absolute atomic E-state index is 0.149. The summed E-state index contributed by atoms with van der Waals surface area (Å²) in [5, 5.41) is 13.6. The van der Waals surface area contributed by atoms with Crippen molar-refractivity contribution in [2.45, 2.75) is 0 Å². The molecule has 2 aromatic rings. The number of carbonyl (C=O) groups excluding carboxylic acids is 1. The Balaban J connectivity index is 2.54. The monoisotopic (exact) mass is 214 g/mol. The Morgan fingerprint density at radius 3 is 2.75 bits per heavy atom. The Labute approximate surface area is 92.2 Å². The van der Waals surface area contributed by atoms with Crippen LogP contribution in [-0.2, 0) is 4.79 Å². The molecule has 0 aliphatic heterocycles.